The zero-order chi connectivity index (χ0) is 22.1. The van der Waals surface area contributed by atoms with Crippen LogP contribution in [0.15, 0.2) is 46.0 Å². The molecule has 2 rings (SSSR count). The number of nitrogens with one attached hydrogen (secondary N) is 2. The fourth-order valence-electron chi connectivity index (χ4n) is 2.48. The summed E-state index contributed by atoms with van der Waals surface area (Å²) in [5.41, 5.74) is 4.78. The molecular weight excluding hydrogens is 450 g/mol. The highest BCUT2D eigenvalue weighted by Crippen LogP contribution is 2.37. The number of hydrazone groups is 1. The summed E-state index contributed by atoms with van der Waals surface area (Å²) in [4.78, 5) is 23.9. The molecule has 0 aromatic heterocycles. The molecular formula is C22H26BrN3O4. The van der Waals surface area contributed by atoms with Gasteiger partial charge in [0.1, 0.15) is 6.42 Å². The van der Waals surface area contributed by atoms with E-state index in [1.165, 1.54) is 6.21 Å². The van der Waals surface area contributed by atoms with Gasteiger partial charge in [0.15, 0.2) is 11.5 Å². The fourth-order valence-corrected chi connectivity index (χ4v) is 3.03. The molecule has 30 heavy (non-hydrogen) atoms. The quantitative estimate of drug-likeness (QED) is 0.319. The number of hydrogen-bond donors (Lipinski definition) is 2. The van der Waals surface area contributed by atoms with Gasteiger partial charge in [-0.05, 0) is 73.5 Å². The number of rotatable bonds is 9. The van der Waals surface area contributed by atoms with Crippen LogP contribution in [0.25, 0.3) is 0 Å². The van der Waals surface area contributed by atoms with Crippen molar-refractivity contribution in [3.05, 3.63) is 52.0 Å². The van der Waals surface area contributed by atoms with Crippen LogP contribution in [0.1, 0.15) is 38.3 Å². The molecule has 2 aromatic carbocycles. The molecule has 0 aliphatic rings. The normalized spacial score (nSPS) is 10.9. The Labute approximate surface area is 185 Å². The van der Waals surface area contributed by atoms with Crippen LogP contribution in [0.4, 0.5) is 5.69 Å². The first-order valence-electron chi connectivity index (χ1n) is 9.60. The maximum atomic E-state index is 12.0. The summed E-state index contributed by atoms with van der Waals surface area (Å²) in [6, 6.07) is 10.9. The van der Waals surface area contributed by atoms with Gasteiger partial charge in [-0.15, -0.1) is 0 Å². The van der Waals surface area contributed by atoms with Crippen molar-refractivity contribution >= 4 is 39.6 Å². The van der Waals surface area contributed by atoms with E-state index in [4.69, 9.17) is 9.47 Å². The highest BCUT2D eigenvalue weighted by atomic mass is 79.9. The highest BCUT2D eigenvalue weighted by molar-refractivity contribution is 9.10. The molecule has 0 unspecified atom stereocenters. The number of nitrogens with zero attached hydrogens (tertiary/aromatic N) is 1. The average Bonchev–Trinajstić information content (AvgIpc) is 2.66. The van der Waals surface area contributed by atoms with Crippen LogP contribution in [0, 0.1) is 6.92 Å². The van der Waals surface area contributed by atoms with Crippen molar-refractivity contribution in [3.63, 3.8) is 0 Å². The lowest BCUT2D eigenvalue weighted by molar-refractivity contribution is -0.126. The van der Waals surface area contributed by atoms with Crippen LogP contribution >= 0.6 is 15.9 Å². The number of hydrogen-bond acceptors (Lipinski definition) is 5. The molecule has 8 heteroatoms. The Hall–Kier alpha value is -2.87. The smallest absolute Gasteiger partial charge is 0.249 e. The summed E-state index contributed by atoms with van der Waals surface area (Å²) in [6.07, 6.45) is 1.13. The van der Waals surface area contributed by atoms with Gasteiger partial charge in [-0.25, -0.2) is 5.43 Å². The third-order valence-corrected chi connectivity index (χ3v) is 4.33. The molecule has 0 heterocycles. The molecule has 2 N–H and O–H groups in total. The fraction of sp³-hybridized carbons (Fsp3) is 0.318. The van der Waals surface area contributed by atoms with E-state index in [2.05, 4.69) is 31.8 Å². The Morgan fingerprint density at radius 2 is 1.87 bits per heavy atom. The first kappa shape index (κ1) is 23.4. The summed E-state index contributed by atoms with van der Waals surface area (Å²) in [5, 5.41) is 6.59. The molecule has 0 atom stereocenters. The number of ether oxygens (including phenoxy) is 2. The monoisotopic (exact) mass is 475 g/mol. The predicted octanol–water partition coefficient (Wildman–Crippen LogP) is 4.42. The van der Waals surface area contributed by atoms with Gasteiger partial charge >= 0.3 is 0 Å². The minimum Gasteiger partial charge on any atom is -0.490 e. The number of aryl methyl sites for hydroxylation is 1. The lowest BCUT2D eigenvalue weighted by Crippen LogP contribution is -2.24. The number of anilines is 1. The van der Waals surface area contributed by atoms with E-state index in [0.29, 0.717) is 33.8 Å². The highest BCUT2D eigenvalue weighted by Gasteiger charge is 2.13. The second-order valence-electron chi connectivity index (χ2n) is 6.81. The summed E-state index contributed by atoms with van der Waals surface area (Å²) in [5.74, 6) is 0.259. The second kappa shape index (κ2) is 11.3. The van der Waals surface area contributed by atoms with Gasteiger partial charge in [0.25, 0.3) is 0 Å². The molecule has 0 fully saturated rings. The Morgan fingerprint density at radius 1 is 1.17 bits per heavy atom. The van der Waals surface area contributed by atoms with Crippen LogP contribution in [0.2, 0.25) is 0 Å². The molecule has 2 aromatic rings. The second-order valence-corrected chi connectivity index (χ2v) is 7.67. The van der Waals surface area contributed by atoms with E-state index in [1.54, 1.807) is 24.3 Å². The number of halogens is 1. The molecule has 160 valence electrons. The lowest BCUT2D eigenvalue weighted by atomic mass is 10.2. The van der Waals surface area contributed by atoms with Gasteiger partial charge in [0.2, 0.25) is 11.8 Å². The van der Waals surface area contributed by atoms with Crippen molar-refractivity contribution < 1.29 is 19.1 Å². The summed E-state index contributed by atoms with van der Waals surface area (Å²) in [6.45, 7) is 8.19. The Kier molecular flexibility index (Phi) is 8.86. The molecule has 0 spiro atoms. The minimum atomic E-state index is -0.514. The van der Waals surface area contributed by atoms with E-state index in [1.807, 2.05) is 39.8 Å². The number of carbonyl (C=O) groups excluding carboxylic acids is 2. The Bertz CT molecular complexity index is 911. The summed E-state index contributed by atoms with van der Waals surface area (Å²) < 4.78 is 12.2. The summed E-state index contributed by atoms with van der Waals surface area (Å²) >= 11 is 3.48. The molecule has 0 aliphatic carbocycles. The third-order valence-electron chi connectivity index (χ3n) is 3.74. The minimum absolute atomic E-state index is 0.00892. The zero-order valence-corrected chi connectivity index (χ0v) is 19.1. The van der Waals surface area contributed by atoms with E-state index in [-0.39, 0.29) is 12.5 Å². The van der Waals surface area contributed by atoms with Crippen molar-refractivity contribution in [2.24, 2.45) is 5.10 Å². The molecule has 0 aliphatic heterocycles. The van der Waals surface area contributed by atoms with E-state index >= 15 is 0 Å². The van der Waals surface area contributed by atoms with Gasteiger partial charge in [0.05, 0.1) is 23.4 Å². The molecule has 7 nitrogen and oxygen atoms in total. The lowest BCUT2D eigenvalue weighted by Gasteiger charge is -2.16. The molecule has 0 saturated carbocycles. The topological polar surface area (TPSA) is 89.0 Å². The van der Waals surface area contributed by atoms with Crippen molar-refractivity contribution in [2.75, 3.05) is 11.9 Å². The first-order chi connectivity index (χ1) is 14.3. The van der Waals surface area contributed by atoms with Crippen LogP contribution in [0.3, 0.4) is 0 Å². The Morgan fingerprint density at radius 3 is 2.50 bits per heavy atom. The molecule has 0 saturated heterocycles. The maximum Gasteiger partial charge on any atom is 0.249 e. The van der Waals surface area contributed by atoms with Crippen molar-refractivity contribution in [2.45, 2.75) is 40.2 Å². The first-order valence-corrected chi connectivity index (χ1v) is 10.4. The maximum absolute atomic E-state index is 12.0. The van der Waals surface area contributed by atoms with Crippen molar-refractivity contribution in [1.82, 2.24) is 5.43 Å². The van der Waals surface area contributed by atoms with Crippen molar-refractivity contribution in [1.29, 1.82) is 0 Å². The van der Waals surface area contributed by atoms with Crippen LogP contribution in [-0.2, 0) is 9.59 Å². The molecule has 2 amide bonds. The van der Waals surface area contributed by atoms with Gasteiger partial charge < -0.3 is 14.8 Å². The van der Waals surface area contributed by atoms with Crippen LogP contribution in [-0.4, -0.2) is 30.7 Å². The largest absolute Gasteiger partial charge is 0.490 e. The molecule has 0 radical (unpaired) electrons. The SMILES string of the molecule is CCOc1cc(C=NNC(=O)CC(=O)Nc2ccc(C)cc2)cc(Br)c1OC(C)C. The predicted molar refractivity (Wildman–Crippen MR) is 121 cm³/mol. The van der Waals surface area contributed by atoms with E-state index in [9.17, 15) is 9.59 Å². The Balaban J connectivity index is 1.95. The van der Waals surface area contributed by atoms with Crippen LogP contribution < -0.4 is 20.2 Å². The number of benzene rings is 2. The average molecular weight is 476 g/mol. The summed E-state index contributed by atoms with van der Waals surface area (Å²) in [7, 11) is 0. The van der Waals surface area contributed by atoms with Crippen molar-refractivity contribution in [3.8, 4) is 11.5 Å². The number of amides is 2. The van der Waals surface area contributed by atoms with Gasteiger partial charge in [0, 0.05) is 5.69 Å². The number of carbonyl (C=O) groups is 2. The molecule has 0 bridgehead atoms. The third kappa shape index (κ3) is 7.51. The van der Waals surface area contributed by atoms with Gasteiger partial charge in [-0.2, -0.15) is 5.10 Å². The van der Waals surface area contributed by atoms with E-state index < -0.39 is 11.8 Å². The standard InChI is InChI=1S/C22H26BrN3O4/c1-5-29-19-11-16(10-18(23)22(19)30-14(2)3)13-24-26-21(28)12-20(27)25-17-8-6-15(4)7-9-17/h6-11,13-14H,5,12H2,1-4H3,(H,25,27)(H,26,28). The van der Waals surface area contributed by atoms with Crippen LogP contribution in [0.5, 0.6) is 11.5 Å². The van der Waals surface area contributed by atoms with Gasteiger partial charge in [-0.1, -0.05) is 17.7 Å². The zero-order valence-electron chi connectivity index (χ0n) is 17.5. The van der Waals surface area contributed by atoms with Gasteiger partial charge in [-0.3, -0.25) is 9.59 Å². The van der Waals surface area contributed by atoms with E-state index in [0.717, 1.165) is 5.56 Å².